The van der Waals surface area contributed by atoms with Crippen LogP contribution in [0.25, 0.3) is 0 Å². The number of hydroxylamine groups is 2. The van der Waals surface area contributed by atoms with Gasteiger partial charge in [0.25, 0.3) is 11.8 Å². The Morgan fingerprint density at radius 2 is 1.84 bits per heavy atom. The first-order valence-corrected chi connectivity index (χ1v) is 15.2. The third kappa shape index (κ3) is 8.11. The van der Waals surface area contributed by atoms with Crippen LogP contribution in [-0.4, -0.2) is 117 Å². The lowest BCUT2D eigenvalue weighted by Gasteiger charge is -2.45. The van der Waals surface area contributed by atoms with Crippen LogP contribution >= 0.6 is 0 Å². The van der Waals surface area contributed by atoms with E-state index in [0.717, 1.165) is 36.1 Å². The van der Waals surface area contributed by atoms with Gasteiger partial charge in [0.15, 0.2) is 0 Å². The second kappa shape index (κ2) is 14.5. The van der Waals surface area contributed by atoms with Crippen molar-refractivity contribution in [2.75, 3.05) is 51.8 Å². The first-order chi connectivity index (χ1) is 20.9. The monoisotopic (exact) mass is 617 g/mol. The molecule has 1 aliphatic heterocycles. The first-order valence-electron chi connectivity index (χ1n) is 15.2. The molecule has 2 atom stereocenters. The summed E-state index contributed by atoms with van der Waals surface area (Å²) < 4.78 is 8.08. The second-order valence-corrected chi connectivity index (χ2v) is 12.3. The van der Waals surface area contributed by atoms with Gasteiger partial charge >= 0.3 is 5.97 Å². The van der Waals surface area contributed by atoms with Gasteiger partial charge in [-0.15, -0.1) is 10.2 Å². The van der Waals surface area contributed by atoms with Crippen molar-refractivity contribution in [2.24, 2.45) is 5.92 Å². The summed E-state index contributed by atoms with van der Waals surface area (Å²) in [6, 6.07) is 5.08. The molecule has 4 rings (SSSR count). The summed E-state index contributed by atoms with van der Waals surface area (Å²) in [6.07, 6.45) is 2.72. The van der Waals surface area contributed by atoms with Crippen LogP contribution < -0.4 is 4.90 Å². The van der Waals surface area contributed by atoms with E-state index in [9.17, 15) is 29.7 Å². The normalized spacial score (nSPS) is 21.9. The van der Waals surface area contributed by atoms with E-state index < -0.39 is 42.5 Å². The first kappa shape index (κ1) is 33.3. The molecule has 1 saturated carbocycles. The Bertz CT molecular complexity index is 1290. The molecule has 44 heavy (non-hydrogen) atoms. The zero-order valence-corrected chi connectivity index (χ0v) is 26.0. The number of amides is 2. The van der Waals surface area contributed by atoms with Gasteiger partial charge in [-0.25, -0.2) is 4.79 Å². The summed E-state index contributed by atoms with van der Waals surface area (Å²) in [6.45, 7) is 6.65. The quantitative estimate of drug-likeness (QED) is 0.139. The largest absolute Gasteiger partial charge is 0.508 e. The predicted molar refractivity (Wildman–Crippen MR) is 158 cm³/mol. The molecule has 242 valence electrons. The summed E-state index contributed by atoms with van der Waals surface area (Å²) in [5.74, 6) is -2.86. The topological polar surface area (TPSA) is 168 Å². The van der Waals surface area contributed by atoms with Crippen LogP contribution in [0.2, 0.25) is 0 Å². The van der Waals surface area contributed by atoms with Crippen LogP contribution in [0, 0.1) is 5.92 Å². The van der Waals surface area contributed by atoms with Gasteiger partial charge in [0.1, 0.15) is 24.6 Å². The number of carbonyl (C=O) groups excluding carboxylic acids is 3. The van der Waals surface area contributed by atoms with Crippen molar-refractivity contribution < 1.29 is 43.8 Å². The van der Waals surface area contributed by atoms with E-state index in [4.69, 9.17) is 9.57 Å². The van der Waals surface area contributed by atoms with Crippen molar-refractivity contribution in [3.8, 4) is 5.75 Å². The number of anilines is 1. The lowest BCUT2D eigenvalue weighted by Crippen LogP contribution is -2.52. The molecule has 2 fully saturated rings. The van der Waals surface area contributed by atoms with Crippen molar-refractivity contribution in [2.45, 2.75) is 70.7 Å². The highest BCUT2D eigenvalue weighted by molar-refractivity contribution is 6.01. The van der Waals surface area contributed by atoms with Crippen molar-refractivity contribution in [1.82, 2.24) is 20.1 Å². The van der Waals surface area contributed by atoms with E-state index in [1.54, 1.807) is 29.8 Å². The Kier molecular flexibility index (Phi) is 10.9. The molecule has 1 aliphatic carbocycles. The number of ether oxygens (including phenoxy) is 1. The average Bonchev–Trinajstić information content (AvgIpc) is 3.56. The molecule has 2 amide bonds. The van der Waals surface area contributed by atoms with Crippen LogP contribution in [0.15, 0.2) is 24.4 Å². The molecule has 2 aromatic rings. The zero-order chi connectivity index (χ0) is 32.0. The van der Waals surface area contributed by atoms with Crippen molar-refractivity contribution >= 4 is 23.5 Å². The lowest BCUT2D eigenvalue weighted by atomic mass is 9.66. The van der Waals surface area contributed by atoms with Gasteiger partial charge in [-0.05, 0) is 12.5 Å². The number of aliphatic hydroxyl groups excluding tert-OH is 2. The zero-order valence-electron chi connectivity index (χ0n) is 26.0. The number of phenolic OH excluding ortho intramolecular Hbond substituents is 1. The molecular formula is C30H45N6O8+. The van der Waals surface area contributed by atoms with Gasteiger partial charge in [0.05, 0.1) is 52.2 Å². The number of aromatic hydroxyl groups is 1. The number of benzene rings is 1. The molecular weight excluding hydrogens is 572 g/mol. The molecule has 2 unspecified atom stereocenters. The maximum Gasteiger partial charge on any atom is 0.358 e. The summed E-state index contributed by atoms with van der Waals surface area (Å²) in [4.78, 5) is 42.3. The van der Waals surface area contributed by atoms with Crippen LogP contribution in [0.4, 0.5) is 5.69 Å². The van der Waals surface area contributed by atoms with E-state index in [0.29, 0.717) is 35.9 Å². The number of imide groups is 1. The minimum atomic E-state index is -0.857. The van der Waals surface area contributed by atoms with Gasteiger partial charge in [-0.3, -0.25) is 14.3 Å². The summed E-state index contributed by atoms with van der Waals surface area (Å²) in [5, 5.41) is 40.7. The summed E-state index contributed by atoms with van der Waals surface area (Å²) in [7, 11) is 4.34. The molecule has 2 heterocycles. The Morgan fingerprint density at radius 3 is 2.50 bits per heavy atom. The Balaban J connectivity index is 1.39. The maximum atomic E-state index is 12.1. The minimum Gasteiger partial charge on any atom is -0.508 e. The number of nitrogens with zero attached hydrogens (tertiary/aromatic N) is 6. The van der Waals surface area contributed by atoms with E-state index >= 15 is 0 Å². The fourth-order valence-electron chi connectivity index (χ4n) is 5.62. The van der Waals surface area contributed by atoms with Crippen molar-refractivity contribution in [1.29, 1.82) is 0 Å². The number of hydrogen-bond donors (Lipinski definition) is 3. The lowest BCUT2D eigenvalue weighted by molar-refractivity contribution is -0.904. The SMILES string of the molecule is CCCC[N+](C)(C)Cc1cn(CCN(CCOCC(=O)ON2C(=O)CCC2=O)c2ccc(C3C(O)C(C)C3O)c(O)c2)nn1. The molecule has 1 saturated heterocycles. The molecule has 1 aromatic carbocycles. The number of quaternary nitrogens is 1. The van der Waals surface area contributed by atoms with Crippen LogP contribution in [0.3, 0.4) is 0 Å². The third-order valence-corrected chi connectivity index (χ3v) is 8.37. The van der Waals surface area contributed by atoms with Gasteiger partial charge in [0.2, 0.25) is 0 Å². The molecule has 0 spiro atoms. The minimum absolute atomic E-state index is 0.00821. The number of unbranched alkanes of at least 4 members (excludes halogenated alkanes) is 1. The maximum absolute atomic E-state index is 12.1. The molecule has 2 aliphatic rings. The number of carbonyl (C=O) groups is 3. The molecule has 1 aromatic heterocycles. The van der Waals surface area contributed by atoms with E-state index in [1.165, 1.54) is 0 Å². The number of aromatic nitrogens is 3. The van der Waals surface area contributed by atoms with Crippen LogP contribution in [-0.2, 0) is 37.0 Å². The van der Waals surface area contributed by atoms with Crippen LogP contribution in [0.5, 0.6) is 5.75 Å². The van der Waals surface area contributed by atoms with Gasteiger partial charge in [-0.1, -0.05) is 31.5 Å². The molecule has 0 bridgehead atoms. The number of rotatable bonds is 16. The van der Waals surface area contributed by atoms with E-state index in [1.807, 2.05) is 11.1 Å². The predicted octanol–water partition coefficient (Wildman–Crippen LogP) is 0.946. The molecule has 3 N–H and O–H groups in total. The van der Waals surface area contributed by atoms with Gasteiger partial charge in [-0.2, -0.15) is 0 Å². The Hall–Kier alpha value is -3.59. The van der Waals surface area contributed by atoms with E-state index in [-0.39, 0.29) is 31.1 Å². The average molecular weight is 618 g/mol. The summed E-state index contributed by atoms with van der Waals surface area (Å²) >= 11 is 0. The Labute approximate surface area is 257 Å². The fraction of sp³-hybridized carbons (Fsp3) is 0.633. The second-order valence-electron chi connectivity index (χ2n) is 12.3. The third-order valence-electron chi connectivity index (χ3n) is 8.37. The summed E-state index contributed by atoms with van der Waals surface area (Å²) in [5.41, 5.74) is 2.03. The number of phenols is 1. The van der Waals surface area contributed by atoms with Gasteiger partial charge < -0.3 is 34.3 Å². The molecule has 14 heteroatoms. The molecule has 0 radical (unpaired) electrons. The highest BCUT2D eigenvalue weighted by atomic mass is 16.7. The van der Waals surface area contributed by atoms with Crippen molar-refractivity contribution in [3.63, 3.8) is 0 Å². The molecule has 14 nitrogen and oxygen atoms in total. The van der Waals surface area contributed by atoms with Crippen molar-refractivity contribution in [3.05, 3.63) is 35.7 Å². The Morgan fingerprint density at radius 1 is 1.14 bits per heavy atom. The smallest absolute Gasteiger partial charge is 0.358 e. The van der Waals surface area contributed by atoms with Gasteiger partial charge in [0, 0.05) is 55.1 Å². The number of aliphatic hydroxyl groups is 2. The highest BCUT2D eigenvalue weighted by Crippen LogP contribution is 2.45. The number of hydrogen-bond acceptors (Lipinski definition) is 11. The fourth-order valence-corrected chi connectivity index (χ4v) is 5.62. The van der Waals surface area contributed by atoms with Crippen LogP contribution in [0.1, 0.15) is 56.7 Å². The standard InChI is InChI=1S/C30H44N6O8/c1-5-6-14-36(3,4)18-21-17-34(32-31-21)12-11-33(13-15-43-19-27(40)44-35-25(38)9-10-26(35)39)22-7-8-23(24(37)16-22)28-29(41)20(2)30(28)42/h7-8,16-17,20,28-30,41-42H,5-6,9-15,18-19H2,1-4H3/p+1. The van der Waals surface area contributed by atoms with E-state index in [2.05, 4.69) is 31.3 Å². The highest BCUT2D eigenvalue weighted by Gasteiger charge is 2.47.